The van der Waals surface area contributed by atoms with Crippen molar-refractivity contribution in [2.45, 2.75) is 13.8 Å². The summed E-state index contributed by atoms with van der Waals surface area (Å²) in [7, 11) is 0. The molecule has 0 amide bonds. The fraction of sp³-hybridized carbons (Fsp3) is 0.0357. The number of para-hydroxylation sites is 1. The number of benzene rings is 8. The quantitative estimate of drug-likeness (QED) is 0.163. The smallest absolute Gasteiger partial charge is 0.236 e. The molecule has 1 aliphatic carbocycles. The van der Waals surface area contributed by atoms with Gasteiger partial charge >= 0.3 is 0 Å². The van der Waals surface area contributed by atoms with Gasteiger partial charge in [-0.15, -0.1) is 11.3 Å². The SMILES string of the molecule is C/C=C\C=C(/C)C1=C(c2ccccc2)c2cccc3ccc4c(c23)c2c1cccc2n4-c1nc(-c2ccc3c(c2)sc2cc4ccccc4cc23)c2oc3ccccc3c2n1. The Kier molecular flexibility index (Phi) is 7.28. The van der Waals surface area contributed by atoms with Gasteiger partial charge in [0.1, 0.15) is 16.8 Å². The normalized spacial score (nSPS) is 13.4. The first-order chi connectivity index (χ1) is 30.1. The molecule has 5 heteroatoms. The van der Waals surface area contributed by atoms with Crippen molar-refractivity contribution in [2.24, 2.45) is 0 Å². The number of hydrogen-bond donors (Lipinski definition) is 0. The van der Waals surface area contributed by atoms with Crippen LogP contribution in [0.25, 0.3) is 114 Å². The summed E-state index contributed by atoms with van der Waals surface area (Å²) >= 11 is 1.83. The highest BCUT2D eigenvalue weighted by Gasteiger charge is 2.29. The van der Waals surface area contributed by atoms with Crippen molar-refractivity contribution in [1.29, 1.82) is 0 Å². The van der Waals surface area contributed by atoms with E-state index in [2.05, 4.69) is 182 Å². The van der Waals surface area contributed by atoms with Crippen LogP contribution in [0.3, 0.4) is 0 Å². The lowest BCUT2D eigenvalue weighted by molar-refractivity contribution is 0.666. The van der Waals surface area contributed by atoms with E-state index in [1.807, 2.05) is 23.5 Å². The Hall–Kier alpha value is -7.60. The zero-order valence-electron chi connectivity index (χ0n) is 33.4. The van der Waals surface area contributed by atoms with Crippen LogP contribution in [0.15, 0.2) is 186 Å². The number of furan rings is 1. The molecule has 0 saturated heterocycles. The maximum atomic E-state index is 6.69. The maximum Gasteiger partial charge on any atom is 0.236 e. The summed E-state index contributed by atoms with van der Waals surface area (Å²) in [4.78, 5) is 11.0. The molecule has 0 unspecified atom stereocenters. The van der Waals surface area contributed by atoms with Gasteiger partial charge in [-0.25, -0.2) is 9.97 Å². The minimum atomic E-state index is 0.612. The number of fused-ring (bicyclic) bond motifs is 7. The van der Waals surface area contributed by atoms with E-state index in [1.165, 1.54) is 85.9 Å². The van der Waals surface area contributed by atoms with Crippen LogP contribution in [-0.2, 0) is 0 Å². The van der Waals surface area contributed by atoms with Gasteiger partial charge in [-0.3, -0.25) is 4.57 Å². The minimum Gasteiger partial charge on any atom is -0.452 e. The van der Waals surface area contributed by atoms with E-state index in [9.17, 15) is 0 Å². The van der Waals surface area contributed by atoms with Gasteiger partial charge in [0.25, 0.3) is 0 Å². The average molecular weight is 798 g/mol. The molecular formula is C56H35N3OS. The predicted octanol–water partition coefficient (Wildman–Crippen LogP) is 15.6. The fourth-order valence-electron chi connectivity index (χ4n) is 9.95. The molecule has 0 saturated carbocycles. The summed E-state index contributed by atoms with van der Waals surface area (Å²) in [6, 6.07) is 57.0. The van der Waals surface area contributed by atoms with Gasteiger partial charge in [0, 0.05) is 41.9 Å². The largest absolute Gasteiger partial charge is 0.452 e. The van der Waals surface area contributed by atoms with Gasteiger partial charge in [0.15, 0.2) is 5.58 Å². The molecule has 0 atom stereocenters. The molecule has 286 valence electrons. The van der Waals surface area contributed by atoms with Gasteiger partial charge < -0.3 is 4.42 Å². The van der Waals surface area contributed by atoms with Crippen LogP contribution in [0, 0.1) is 0 Å². The maximum absolute atomic E-state index is 6.69. The van der Waals surface area contributed by atoms with Crippen LogP contribution in [-0.4, -0.2) is 14.5 Å². The van der Waals surface area contributed by atoms with Crippen LogP contribution >= 0.6 is 11.3 Å². The second-order valence-electron chi connectivity index (χ2n) is 16.0. The summed E-state index contributed by atoms with van der Waals surface area (Å²) in [5, 5.41) is 10.8. The van der Waals surface area contributed by atoms with Gasteiger partial charge in [0.05, 0.1) is 11.0 Å². The Labute approximate surface area is 354 Å². The highest BCUT2D eigenvalue weighted by molar-refractivity contribution is 7.25. The van der Waals surface area contributed by atoms with E-state index in [4.69, 9.17) is 14.4 Å². The van der Waals surface area contributed by atoms with E-state index in [0.717, 1.165) is 38.8 Å². The average Bonchev–Trinajstić information content (AvgIpc) is 3.95. The molecule has 0 radical (unpaired) electrons. The lowest BCUT2D eigenvalue weighted by atomic mass is 9.85. The van der Waals surface area contributed by atoms with Crippen LogP contribution < -0.4 is 0 Å². The third-order valence-corrected chi connectivity index (χ3v) is 13.7. The second kappa shape index (κ2) is 12.9. The van der Waals surface area contributed by atoms with Gasteiger partial charge in [-0.1, -0.05) is 133 Å². The Morgan fingerprint density at radius 1 is 0.590 bits per heavy atom. The Bertz CT molecular complexity index is 3950. The summed E-state index contributed by atoms with van der Waals surface area (Å²) < 4.78 is 11.5. The zero-order chi connectivity index (χ0) is 40.3. The molecule has 12 aromatic rings. The molecule has 8 aromatic carbocycles. The fourth-order valence-corrected chi connectivity index (χ4v) is 11.1. The van der Waals surface area contributed by atoms with E-state index in [1.54, 1.807) is 0 Å². The molecule has 1 aliphatic rings. The molecule has 13 rings (SSSR count). The highest BCUT2D eigenvalue weighted by atomic mass is 32.1. The van der Waals surface area contributed by atoms with Crippen molar-refractivity contribution >= 4 is 108 Å². The van der Waals surface area contributed by atoms with E-state index in [0.29, 0.717) is 11.5 Å². The number of rotatable bonds is 5. The first-order valence-electron chi connectivity index (χ1n) is 20.8. The van der Waals surface area contributed by atoms with Gasteiger partial charge in [-0.2, -0.15) is 0 Å². The summed E-state index contributed by atoms with van der Waals surface area (Å²) in [5.41, 5.74) is 13.4. The summed E-state index contributed by atoms with van der Waals surface area (Å²) in [6.07, 6.45) is 6.48. The molecule has 4 nitrogen and oxygen atoms in total. The molecule has 0 N–H and O–H groups in total. The third-order valence-electron chi connectivity index (χ3n) is 12.6. The molecular weight excluding hydrogens is 763 g/mol. The molecule has 4 aromatic heterocycles. The molecule has 4 heterocycles. The van der Waals surface area contributed by atoms with Gasteiger partial charge in [-0.05, 0) is 111 Å². The van der Waals surface area contributed by atoms with Crippen molar-refractivity contribution in [2.75, 3.05) is 0 Å². The van der Waals surface area contributed by atoms with E-state index in [-0.39, 0.29) is 0 Å². The second-order valence-corrected chi connectivity index (χ2v) is 17.1. The molecule has 0 aliphatic heterocycles. The lowest BCUT2D eigenvalue weighted by Gasteiger charge is -2.19. The molecule has 61 heavy (non-hydrogen) atoms. The number of thiophene rings is 1. The third kappa shape index (κ3) is 4.92. The zero-order valence-corrected chi connectivity index (χ0v) is 34.2. The predicted molar refractivity (Wildman–Crippen MR) is 258 cm³/mol. The van der Waals surface area contributed by atoms with Crippen molar-refractivity contribution < 1.29 is 4.42 Å². The lowest BCUT2D eigenvalue weighted by Crippen LogP contribution is -2.03. The van der Waals surface area contributed by atoms with Crippen LogP contribution in [0.2, 0.25) is 0 Å². The first kappa shape index (κ1) is 34.3. The molecule has 0 spiro atoms. The number of aromatic nitrogens is 3. The number of nitrogens with zero attached hydrogens (tertiary/aromatic N) is 3. The summed E-state index contributed by atoms with van der Waals surface area (Å²) in [5.74, 6) is 0.612. The van der Waals surface area contributed by atoms with Crippen molar-refractivity contribution in [1.82, 2.24) is 14.5 Å². The Morgan fingerprint density at radius 3 is 2.23 bits per heavy atom. The molecule has 0 bridgehead atoms. The molecule has 0 fully saturated rings. The number of allylic oxidation sites excluding steroid dienone is 5. The highest BCUT2D eigenvalue weighted by Crippen LogP contribution is 2.50. The standard InChI is InChI=1S/C56H35N3OS/c1-3-4-14-32(2)48-40-22-13-23-43-51(40)52-44(28-26-34-19-12-21-41(50(34)52)49(48)33-15-6-5-7-16-33)59(43)56-57-53(55-54(58-56)39-20-10-11-24-45(39)60-55)37-25-27-38-42-29-35-17-8-9-18-36(35)30-47(42)61-46(38)31-37/h3-31H,1-2H3/b4-3-,32-14+. The van der Waals surface area contributed by atoms with Gasteiger partial charge in [0.2, 0.25) is 5.95 Å². The van der Waals surface area contributed by atoms with Crippen molar-refractivity contribution in [3.05, 3.63) is 198 Å². The van der Waals surface area contributed by atoms with Crippen molar-refractivity contribution in [3.63, 3.8) is 0 Å². The Morgan fingerprint density at radius 2 is 1.34 bits per heavy atom. The monoisotopic (exact) mass is 797 g/mol. The van der Waals surface area contributed by atoms with Crippen LogP contribution in [0.5, 0.6) is 0 Å². The number of hydrogen-bond acceptors (Lipinski definition) is 4. The first-order valence-corrected chi connectivity index (χ1v) is 21.6. The van der Waals surface area contributed by atoms with Crippen LogP contribution in [0.4, 0.5) is 0 Å². The van der Waals surface area contributed by atoms with Crippen molar-refractivity contribution in [3.8, 4) is 17.2 Å². The van der Waals surface area contributed by atoms with E-state index < -0.39 is 0 Å². The summed E-state index contributed by atoms with van der Waals surface area (Å²) in [6.45, 7) is 4.31. The van der Waals surface area contributed by atoms with Crippen LogP contribution in [0.1, 0.15) is 30.5 Å². The minimum absolute atomic E-state index is 0.612. The Balaban J connectivity index is 1.13. The van der Waals surface area contributed by atoms with E-state index >= 15 is 0 Å². The topological polar surface area (TPSA) is 43.9 Å².